The third kappa shape index (κ3) is 3.73. The summed E-state index contributed by atoms with van der Waals surface area (Å²) in [6.45, 7) is 0. The maximum Gasteiger partial charge on any atom is 0.205 e. The van der Waals surface area contributed by atoms with E-state index in [-0.39, 0.29) is 22.0 Å². The average Bonchev–Trinajstić information content (AvgIpc) is 3.24. The summed E-state index contributed by atoms with van der Waals surface area (Å²) in [6, 6.07) is 18.3. The number of hydrogen-bond donors (Lipinski definition) is 0. The van der Waals surface area contributed by atoms with Gasteiger partial charge in [0.1, 0.15) is 22.3 Å². The van der Waals surface area contributed by atoms with Gasteiger partial charge in [-0.25, -0.2) is 13.8 Å². The minimum atomic E-state index is -1.22. The van der Waals surface area contributed by atoms with E-state index in [1.165, 1.54) is 17.6 Å². The van der Waals surface area contributed by atoms with Gasteiger partial charge in [0.25, 0.3) is 0 Å². The lowest BCUT2D eigenvalue weighted by Crippen LogP contribution is -2.13. The molecule has 1 atom stereocenters. The number of rotatable bonds is 5. The van der Waals surface area contributed by atoms with Gasteiger partial charge in [-0.3, -0.25) is 9.78 Å². The summed E-state index contributed by atoms with van der Waals surface area (Å²) in [5.41, 5.74) is 1.59. The molecule has 0 aliphatic carbocycles. The first-order valence-corrected chi connectivity index (χ1v) is 9.81. The number of thiazole rings is 1. The average molecular weight is 417 g/mol. The Morgan fingerprint density at radius 1 is 1.00 bits per heavy atom. The molecule has 2 aromatic heterocycles. The predicted octanol–water partition coefficient (Wildman–Crippen LogP) is 5.64. The Hall–Kier alpha value is -3.76. The second kappa shape index (κ2) is 8.31. The molecular weight excluding hydrogens is 404 g/mol. The number of nitriles is 1. The maximum atomic E-state index is 14.0. The number of hydrogen-bond acceptors (Lipinski definition) is 5. The van der Waals surface area contributed by atoms with Gasteiger partial charge in [-0.05, 0) is 35.4 Å². The zero-order chi connectivity index (χ0) is 21.1. The summed E-state index contributed by atoms with van der Waals surface area (Å²) in [6.07, 6.45) is 1.51. The van der Waals surface area contributed by atoms with E-state index in [4.69, 9.17) is 0 Å². The van der Waals surface area contributed by atoms with Crippen molar-refractivity contribution in [2.45, 2.75) is 5.92 Å². The van der Waals surface area contributed by atoms with E-state index < -0.39 is 23.3 Å². The highest BCUT2D eigenvalue weighted by molar-refractivity contribution is 7.10. The van der Waals surface area contributed by atoms with Crippen molar-refractivity contribution in [3.63, 3.8) is 0 Å². The highest BCUT2D eigenvalue weighted by Gasteiger charge is 2.27. The monoisotopic (exact) mass is 417 g/mol. The van der Waals surface area contributed by atoms with Crippen molar-refractivity contribution in [3.05, 3.63) is 94.6 Å². The second-order valence-electron chi connectivity index (χ2n) is 6.39. The van der Waals surface area contributed by atoms with E-state index in [2.05, 4.69) is 9.97 Å². The number of carbonyl (C=O) groups is 1. The summed E-state index contributed by atoms with van der Waals surface area (Å²) < 4.78 is 28.1. The van der Waals surface area contributed by atoms with Crippen LogP contribution in [0.3, 0.4) is 0 Å². The third-order valence-corrected chi connectivity index (χ3v) is 5.41. The Labute approximate surface area is 175 Å². The molecule has 0 saturated carbocycles. The predicted molar refractivity (Wildman–Crippen MR) is 110 cm³/mol. The Morgan fingerprint density at radius 2 is 1.73 bits per heavy atom. The molecule has 2 heterocycles. The number of Topliss-reactive ketones (excluding diaryl/α,β-unsaturated/α-hetero) is 1. The van der Waals surface area contributed by atoms with Crippen molar-refractivity contribution < 1.29 is 13.6 Å². The molecule has 0 aliphatic rings. The van der Waals surface area contributed by atoms with Crippen molar-refractivity contribution in [1.29, 1.82) is 5.26 Å². The van der Waals surface area contributed by atoms with Crippen LogP contribution in [0.5, 0.6) is 0 Å². The molecule has 4 nitrogen and oxygen atoms in total. The Balaban J connectivity index is 1.67. The van der Waals surface area contributed by atoms with E-state index in [0.29, 0.717) is 0 Å². The number of carbonyl (C=O) groups excluding carboxylic acids is 1. The van der Waals surface area contributed by atoms with E-state index >= 15 is 0 Å². The smallest absolute Gasteiger partial charge is 0.205 e. The van der Waals surface area contributed by atoms with Crippen molar-refractivity contribution in [3.8, 4) is 28.5 Å². The first-order chi connectivity index (χ1) is 14.6. The van der Waals surface area contributed by atoms with Crippen LogP contribution in [0.1, 0.15) is 21.4 Å². The number of pyridine rings is 1. The first kappa shape index (κ1) is 19.6. The molecule has 7 heteroatoms. The molecule has 146 valence electrons. The molecular formula is C23H13F2N3OS. The summed E-state index contributed by atoms with van der Waals surface area (Å²) in [5.74, 6) is -3.27. The molecule has 0 radical (unpaired) electrons. The molecule has 0 aliphatic heterocycles. The number of halogens is 2. The molecule has 1 unspecified atom stereocenters. The SMILES string of the molecule is N#CC(C(=O)c1cc(-c2ccccc2)ccn1)c1nc(-c2c(F)cccc2F)cs1. The van der Waals surface area contributed by atoms with Gasteiger partial charge < -0.3 is 0 Å². The van der Waals surface area contributed by atoms with Crippen LogP contribution in [0, 0.1) is 23.0 Å². The summed E-state index contributed by atoms with van der Waals surface area (Å²) in [4.78, 5) is 21.2. The normalized spacial score (nSPS) is 11.6. The lowest BCUT2D eigenvalue weighted by atomic mass is 10.00. The minimum absolute atomic E-state index is 0.0460. The van der Waals surface area contributed by atoms with Crippen molar-refractivity contribution in [2.75, 3.05) is 0 Å². The van der Waals surface area contributed by atoms with Crippen LogP contribution in [0.25, 0.3) is 22.4 Å². The topological polar surface area (TPSA) is 66.6 Å². The molecule has 30 heavy (non-hydrogen) atoms. The molecule has 0 bridgehead atoms. The number of nitrogens with zero attached hydrogens (tertiary/aromatic N) is 3. The summed E-state index contributed by atoms with van der Waals surface area (Å²) in [5, 5.41) is 11.2. The van der Waals surface area contributed by atoms with E-state index in [9.17, 15) is 18.8 Å². The highest BCUT2D eigenvalue weighted by atomic mass is 32.1. The van der Waals surface area contributed by atoms with Gasteiger partial charge in [0.05, 0.1) is 17.3 Å². The van der Waals surface area contributed by atoms with E-state index in [1.807, 2.05) is 36.4 Å². The molecule has 0 N–H and O–H groups in total. The molecule has 2 aromatic carbocycles. The highest BCUT2D eigenvalue weighted by Crippen LogP contribution is 2.31. The van der Waals surface area contributed by atoms with E-state index in [1.54, 1.807) is 12.1 Å². The van der Waals surface area contributed by atoms with Gasteiger partial charge in [0, 0.05) is 11.6 Å². The lowest BCUT2D eigenvalue weighted by molar-refractivity contribution is 0.0974. The van der Waals surface area contributed by atoms with Gasteiger partial charge in [-0.2, -0.15) is 5.26 Å². The fourth-order valence-corrected chi connectivity index (χ4v) is 3.88. The molecule has 4 aromatic rings. The Bertz CT molecular complexity index is 1240. The zero-order valence-electron chi connectivity index (χ0n) is 15.4. The second-order valence-corrected chi connectivity index (χ2v) is 7.28. The molecule has 0 saturated heterocycles. The van der Waals surface area contributed by atoms with Crippen LogP contribution in [-0.4, -0.2) is 15.8 Å². The van der Waals surface area contributed by atoms with Crippen molar-refractivity contribution >= 4 is 17.1 Å². The number of aromatic nitrogens is 2. The van der Waals surface area contributed by atoms with Crippen LogP contribution < -0.4 is 0 Å². The number of ketones is 1. The molecule has 0 fully saturated rings. The van der Waals surface area contributed by atoms with Gasteiger partial charge >= 0.3 is 0 Å². The van der Waals surface area contributed by atoms with Gasteiger partial charge in [-0.1, -0.05) is 36.4 Å². The molecule has 0 spiro atoms. The number of benzene rings is 2. The third-order valence-electron chi connectivity index (χ3n) is 4.50. The minimum Gasteiger partial charge on any atom is -0.290 e. The molecule has 4 rings (SSSR count). The Morgan fingerprint density at radius 3 is 2.43 bits per heavy atom. The van der Waals surface area contributed by atoms with Gasteiger partial charge in [0.2, 0.25) is 5.78 Å². The fourth-order valence-electron chi connectivity index (χ4n) is 3.03. The van der Waals surface area contributed by atoms with Crippen molar-refractivity contribution in [1.82, 2.24) is 9.97 Å². The van der Waals surface area contributed by atoms with Gasteiger partial charge in [0.15, 0.2) is 5.92 Å². The van der Waals surface area contributed by atoms with Crippen LogP contribution in [0.15, 0.2) is 72.2 Å². The van der Waals surface area contributed by atoms with E-state index in [0.717, 1.165) is 34.6 Å². The quantitative estimate of drug-likeness (QED) is 0.394. The maximum absolute atomic E-state index is 14.0. The standard InChI is InChI=1S/C23H13F2N3OS/c24-17-7-4-8-18(25)21(17)20-13-30-23(28-20)16(12-26)22(29)19-11-15(9-10-27-19)14-5-2-1-3-6-14/h1-11,13,16H. The zero-order valence-corrected chi connectivity index (χ0v) is 16.2. The van der Waals surface area contributed by atoms with Crippen LogP contribution in [0.4, 0.5) is 8.78 Å². The molecule has 0 amide bonds. The fraction of sp³-hybridized carbons (Fsp3) is 0.0435. The van der Waals surface area contributed by atoms with Gasteiger partial charge in [-0.15, -0.1) is 11.3 Å². The largest absolute Gasteiger partial charge is 0.290 e. The first-order valence-electron chi connectivity index (χ1n) is 8.93. The van der Waals surface area contributed by atoms with Crippen LogP contribution in [0.2, 0.25) is 0 Å². The van der Waals surface area contributed by atoms with Crippen molar-refractivity contribution in [2.24, 2.45) is 0 Å². The summed E-state index contributed by atoms with van der Waals surface area (Å²) in [7, 11) is 0. The van der Waals surface area contributed by atoms with Crippen LogP contribution >= 0.6 is 11.3 Å². The Kier molecular flexibility index (Phi) is 5.42. The summed E-state index contributed by atoms with van der Waals surface area (Å²) >= 11 is 1.00. The van der Waals surface area contributed by atoms with Crippen LogP contribution in [-0.2, 0) is 0 Å². The lowest BCUT2D eigenvalue weighted by Gasteiger charge is -2.07.